The van der Waals surface area contributed by atoms with Crippen LogP contribution in [-0.2, 0) is 16.1 Å². The molecule has 4 rings (SSSR count). The van der Waals surface area contributed by atoms with E-state index in [0.717, 1.165) is 5.56 Å². The fourth-order valence-electron chi connectivity index (χ4n) is 3.14. The smallest absolute Gasteiger partial charge is 0.318 e. The maximum Gasteiger partial charge on any atom is 0.318 e. The zero-order chi connectivity index (χ0) is 13.7. The fraction of sp³-hybridized carbons (Fsp3) is 0.400. The summed E-state index contributed by atoms with van der Waals surface area (Å²) >= 11 is 0. The average molecular weight is 264 g/mol. The molecular formula is C15H14F2O2. The number of allylic oxidation sites excluding steroid dienone is 1. The third kappa shape index (κ3) is 1.32. The molecule has 3 aliphatic carbocycles. The second kappa shape index (κ2) is 3.65. The summed E-state index contributed by atoms with van der Waals surface area (Å²) in [5.41, 5.74) is -1.97. The molecule has 3 saturated carbocycles. The van der Waals surface area contributed by atoms with E-state index in [2.05, 4.69) is 6.58 Å². The van der Waals surface area contributed by atoms with Crippen molar-refractivity contribution in [2.45, 2.75) is 25.4 Å². The van der Waals surface area contributed by atoms with E-state index < -0.39 is 22.7 Å². The maximum atomic E-state index is 13.9. The third-order valence-corrected chi connectivity index (χ3v) is 4.46. The molecule has 100 valence electrons. The SMILES string of the molecule is C=CC12CC(C(=O)OCc3ccccc3)(C1)C2(F)F. The minimum atomic E-state index is -3.00. The number of carbonyl (C=O) groups is 1. The summed E-state index contributed by atoms with van der Waals surface area (Å²) in [6, 6.07) is 9.04. The van der Waals surface area contributed by atoms with Crippen molar-refractivity contribution in [3.8, 4) is 0 Å². The minimum Gasteiger partial charge on any atom is -0.460 e. The Bertz CT molecular complexity index is 530. The molecule has 1 aromatic rings. The van der Waals surface area contributed by atoms with Gasteiger partial charge in [0.2, 0.25) is 0 Å². The molecule has 3 aliphatic rings. The van der Waals surface area contributed by atoms with E-state index in [-0.39, 0.29) is 19.4 Å². The van der Waals surface area contributed by atoms with Crippen LogP contribution in [0.25, 0.3) is 0 Å². The Labute approximate surface area is 110 Å². The number of carbonyl (C=O) groups excluding carboxylic acids is 1. The van der Waals surface area contributed by atoms with E-state index in [1.807, 2.05) is 18.2 Å². The van der Waals surface area contributed by atoms with Crippen LogP contribution < -0.4 is 0 Å². The molecule has 2 nitrogen and oxygen atoms in total. The first-order valence-corrected chi connectivity index (χ1v) is 6.20. The van der Waals surface area contributed by atoms with Gasteiger partial charge in [-0.25, -0.2) is 8.78 Å². The van der Waals surface area contributed by atoms with Gasteiger partial charge < -0.3 is 4.74 Å². The predicted octanol–water partition coefficient (Wildman–Crippen LogP) is 3.33. The van der Waals surface area contributed by atoms with Crippen LogP contribution in [-0.4, -0.2) is 11.9 Å². The highest BCUT2D eigenvalue weighted by Gasteiger charge is 2.90. The van der Waals surface area contributed by atoms with Gasteiger partial charge in [0.05, 0.1) is 5.41 Å². The number of ether oxygens (including phenoxy) is 1. The van der Waals surface area contributed by atoms with E-state index in [0.29, 0.717) is 0 Å². The first kappa shape index (κ1) is 12.3. The van der Waals surface area contributed by atoms with Crippen molar-refractivity contribution >= 4 is 5.97 Å². The molecule has 0 heterocycles. The summed E-state index contributed by atoms with van der Waals surface area (Å²) in [7, 11) is 0. The molecule has 0 spiro atoms. The Morgan fingerprint density at radius 1 is 1.32 bits per heavy atom. The van der Waals surface area contributed by atoms with E-state index in [1.54, 1.807) is 12.1 Å². The number of alkyl halides is 2. The summed E-state index contributed by atoms with van der Waals surface area (Å²) in [5.74, 6) is -3.79. The molecule has 0 saturated heterocycles. The van der Waals surface area contributed by atoms with Crippen LogP contribution in [0.4, 0.5) is 8.78 Å². The maximum absolute atomic E-state index is 13.9. The third-order valence-electron chi connectivity index (χ3n) is 4.46. The number of hydrogen-bond donors (Lipinski definition) is 0. The largest absolute Gasteiger partial charge is 0.460 e. The van der Waals surface area contributed by atoms with Crippen LogP contribution >= 0.6 is 0 Å². The van der Waals surface area contributed by atoms with Crippen LogP contribution in [0, 0.1) is 10.8 Å². The quantitative estimate of drug-likeness (QED) is 0.616. The van der Waals surface area contributed by atoms with E-state index in [4.69, 9.17) is 4.74 Å². The van der Waals surface area contributed by atoms with Gasteiger partial charge in [-0.15, -0.1) is 6.58 Å². The molecule has 19 heavy (non-hydrogen) atoms. The fourth-order valence-corrected chi connectivity index (χ4v) is 3.14. The Morgan fingerprint density at radius 2 is 1.95 bits per heavy atom. The highest BCUT2D eigenvalue weighted by Crippen LogP contribution is 2.82. The summed E-state index contributed by atoms with van der Waals surface area (Å²) < 4.78 is 32.8. The van der Waals surface area contributed by atoms with Crippen LogP contribution in [0.3, 0.4) is 0 Å². The Hall–Kier alpha value is -1.71. The molecule has 3 fully saturated rings. The van der Waals surface area contributed by atoms with E-state index in [9.17, 15) is 13.6 Å². The molecule has 0 aliphatic heterocycles. The lowest BCUT2D eigenvalue weighted by molar-refractivity contribution is -0.378. The average Bonchev–Trinajstić information content (AvgIpc) is 2.36. The molecule has 4 heteroatoms. The van der Waals surface area contributed by atoms with Gasteiger partial charge in [0.15, 0.2) is 0 Å². The van der Waals surface area contributed by atoms with Crippen molar-refractivity contribution in [1.82, 2.24) is 0 Å². The lowest BCUT2D eigenvalue weighted by atomic mass is 9.32. The highest BCUT2D eigenvalue weighted by atomic mass is 19.3. The summed E-state index contributed by atoms with van der Waals surface area (Å²) in [4.78, 5) is 11.9. The van der Waals surface area contributed by atoms with Crippen LogP contribution in [0.2, 0.25) is 0 Å². The minimum absolute atomic E-state index is 0.0403. The van der Waals surface area contributed by atoms with Crippen molar-refractivity contribution in [2.75, 3.05) is 0 Å². The van der Waals surface area contributed by atoms with Gasteiger partial charge in [0, 0.05) is 0 Å². The van der Waals surface area contributed by atoms with Gasteiger partial charge in [-0.3, -0.25) is 4.79 Å². The zero-order valence-electron chi connectivity index (χ0n) is 10.4. The van der Waals surface area contributed by atoms with Crippen LogP contribution in [0.1, 0.15) is 18.4 Å². The van der Waals surface area contributed by atoms with E-state index in [1.165, 1.54) is 6.08 Å². The Morgan fingerprint density at radius 3 is 2.47 bits per heavy atom. The number of rotatable bonds is 4. The van der Waals surface area contributed by atoms with Crippen LogP contribution in [0.15, 0.2) is 43.0 Å². The van der Waals surface area contributed by atoms with Crippen molar-refractivity contribution < 1.29 is 18.3 Å². The molecule has 0 radical (unpaired) electrons. The number of benzene rings is 1. The monoisotopic (exact) mass is 264 g/mol. The Balaban J connectivity index is 1.66. The number of hydrogen-bond acceptors (Lipinski definition) is 2. The molecule has 0 aromatic heterocycles. The van der Waals surface area contributed by atoms with Crippen molar-refractivity contribution in [3.05, 3.63) is 48.6 Å². The normalized spacial score (nSPS) is 33.8. The molecule has 1 aromatic carbocycles. The summed E-state index contributed by atoms with van der Waals surface area (Å²) in [6.45, 7) is 3.48. The van der Waals surface area contributed by atoms with Gasteiger partial charge in [-0.05, 0) is 18.4 Å². The van der Waals surface area contributed by atoms with Gasteiger partial charge in [0.1, 0.15) is 12.0 Å². The molecule has 2 bridgehead atoms. The van der Waals surface area contributed by atoms with Crippen molar-refractivity contribution in [1.29, 1.82) is 0 Å². The topological polar surface area (TPSA) is 26.3 Å². The lowest BCUT2D eigenvalue weighted by Crippen LogP contribution is -2.81. The Kier molecular flexibility index (Phi) is 2.37. The predicted molar refractivity (Wildman–Crippen MR) is 65.5 cm³/mol. The molecule has 0 amide bonds. The number of halogens is 2. The first-order valence-electron chi connectivity index (χ1n) is 6.20. The second-order valence-electron chi connectivity index (χ2n) is 5.43. The second-order valence-corrected chi connectivity index (χ2v) is 5.43. The molecule has 0 atom stereocenters. The van der Waals surface area contributed by atoms with Gasteiger partial charge in [-0.1, -0.05) is 36.4 Å². The first-order chi connectivity index (χ1) is 8.97. The van der Waals surface area contributed by atoms with Crippen molar-refractivity contribution in [3.63, 3.8) is 0 Å². The number of esters is 1. The zero-order valence-corrected chi connectivity index (χ0v) is 10.4. The summed E-state index contributed by atoms with van der Waals surface area (Å²) in [5, 5.41) is 0. The molecule has 0 N–H and O–H groups in total. The lowest BCUT2D eigenvalue weighted by Gasteiger charge is -2.72. The van der Waals surface area contributed by atoms with Crippen molar-refractivity contribution in [2.24, 2.45) is 10.8 Å². The summed E-state index contributed by atoms with van der Waals surface area (Å²) in [6.07, 6.45) is 1.59. The standard InChI is InChI=1S/C15H14F2O2/c1-2-13-9-14(10-13,15(13,16)17)12(18)19-8-11-6-4-3-5-7-11/h2-7H,1,8-10H2. The van der Waals surface area contributed by atoms with E-state index >= 15 is 0 Å². The molecular weight excluding hydrogens is 250 g/mol. The van der Waals surface area contributed by atoms with Gasteiger partial charge in [-0.2, -0.15) is 0 Å². The van der Waals surface area contributed by atoms with Crippen LogP contribution in [0.5, 0.6) is 0 Å². The molecule has 0 unspecified atom stereocenters. The highest BCUT2D eigenvalue weighted by molar-refractivity contribution is 5.84. The van der Waals surface area contributed by atoms with Gasteiger partial charge in [0.25, 0.3) is 5.92 Å². The van der Waals surface area contributed by atoms with Gasteiger partial charge >= 0.3 is 5.97 Å².